The molecule has 0 aliphatic rings. The van der Waals surface area contributed by atoms with Gasteiger partial charge < -0.3 is 52.0 Å². The van der Waals surface area contributed by atoms with E-state index in [0.717, 1.165) is 0 Å². The van der Waals surface area contributed by atoms with E-state index in [2.05, 4.69) is 55.5 Å². The average molecular weight is 528 g/mol. The van der Waals surface area contributed by atoms with Gasteiger partial charge >= 0.3 is 0 Å². The van der Waals surface area contributed by atoms with Gasteiger partial charge in [-0.25, -0.2) is 12.1 Å². The molecule has 4 aromatic carbocycles. The third kappa shape index (κ3) is 9.33. The molecule has 4 rings (SSSR count). The summed E-state index contributed by atoms with van der Waals surface area (Å²) in [4.78, 5) is 0. The molecule has 154 valence electrons. The van der Waals surface area contributed by atoms with Gasteiger partial charge in [0.15, 0.2) is 0 Å². The van der Waals surface area contributed by atoms with Gasteiger partial charge in [0.25, 0.3) is 0 Å². The van der Waals surface area contributed by atoms with Crippen molar-refractivity contribution in [2.75, 3.05) is 0 Å². The van der Waals surface area contributed by atoms with Gasteiger partial charge in [0.1, 0.15) is 0 Å². The van der Waals surface area contributed by atoms with Crippen LogP contribution in [0.2, 0.25) is 0 Å². The number of rotatable bonds is 0. The summed E-state index contributed by atoms with van der Waals surface area (Å²) < 4.78 is 0. The van der Waals surface area contributed by atoms with E-state index in [9.17, 15) is 0 Å². The summed E-state index contributed by atoms with van der Waals surface area (Å²) in [7, 11) is 0. The summed E-state index contributed by atoms with van der Waals surface area (Å²) in [6.45, 7) is 2.18. The molecule has 0 aliphatic heterocycles. The van der Waals surface area contributed by atoms with Gasteiger partial charge in [0.05, 0.1) is 0 Å². The van der Waals surface area contributed by atoms with E-state index in [1.165, 1.54) is 27.1 Å². The zero-order valence-corrected chi connectivity index (χ0v) is 22.1. The van der Waals surface area contributed by atoms with Crippen LogP contribution < -0.4 is 0 Å². The number of fused-ring (bicyclic) bond motifs is 3. The molecule has 4 aromatic rings. The first-order valence-electron chi connectivity index (χ1n) is 6.57. The number of aryl methyl sites for hydroxylation is 1. The topological polar surface area (TPSA) is 0 Å². The van der Waals surface area contributed by atoms with E-state index in [0.29, 0.717) is 0 Å². The standard InChI is InChI=1S/C14H11.C5H5.7CH3.Hf/c1-10-6-7-12-9-8-11-4-2-3-5-13(11)14(10)12;1-2-4-5-3-1;;;;;;;;/h2-9H,1H3;1-5H;7*1H3;/q9*-1;. The van der Waals surface area contributed by atoms with Crippen molar-refractivity contribution in [2.24, 2.45) is 0 Å². The van der Waals surface area contributed by atoms with Gasteiger partial charge in [-0.05, 0) is 0 Å². The van der Waals surface area contributed by atoms with Gasteiger partial charge in [0.2, 0.25) is 0 Å². The number of hydrogen-bond acceptors (Lipinski definition) is 0. The summed E-state index contributed by atoms with van der Waals surface area (Å²) in [5.74, 6) is 0. The summed E-state index contributed by atoms with van der Waals surface area (Å²) in [5.41, 5.74) is 1.37. The third-order valence-electron chi connectivity index (χ3n) is 3.42. The van der Waals surface area contributed by atoms with Gasteiger partial charge in [-0.3, -0.25) is 0 Å². The molecule has 0 aromatic heterocycles. The van der Waals surface area contributed by atoms with E-state index in [-0.39, 0.29) is 77.8 Å². The number of hydrogen-bond donors (Lipinski definition) is 0. The Morgan fingerprint density at radius 1 is 0.630 bits per heavy atom. The van der Waals surface area contributed by atoms with Crippen LogP contribution in [0.3, 0.4) is 0 Å². The first-order valence-corrected chi connectivity index (χ1v) is 6.57. The molecule has 0 nitrogen and oxygen atoms in total. The Labute approximate surface area is 190 Å². The van der Waals surface area contributed by atoms with Crippen molar-refractivity contribution in [3.63, 3.8) is 0 Å². The Morgan fingerprint density at radius 2 is 1.15 bits per heavy atom. The predicted molar refractivity (Wildman–Crippen MR) is 129 cm³/mol. The first-order chi connectivity index (χ1) is 9.36. The summed E-state index contributed by atoms with van der Waals surface area (Å²) in [6, 6.07) is 27.3. The fourth-order valence-electron chi connectivity index (χ4n) is 2.49. The zero-order chi connectivity index (χ0) is 13.1. The van der Waals surface area contributed by atoms with Gasteiger partial charge in [-0.1, -0.05) is 48.0 Å². The molecule has 1 heteroatoms. The van der Waals surface area contributed by atoms with Crippen molar-refractivity contribution in [1.29, 1.82) is 0 Å². The van der Waals surface area contributed by atoms with E-state index < -0.39 is 0 Å². The molecule has 0 amide bonds. The van der Waals surface area contributed by atoms with E-state index in [1.54, 1.807) is 0 Å². The Kier molecular flexibility index (Phi) is 28.8. The predicted octanol–water partition coefficient (Wildman–Crippen LogP) is 8.58. The molecule has 0 N–H and O–H groups in total. The molecule has 0 saturated carbocycles. The maximum Gasteiger partial charge on any atom is 0 e. The Morgan fingerprint density at radius 3 is 1.67 bits per heavy atom. The van der Waals surface area contributed by atoms with Crippen LogP contribution in [-0.4, -0.2) is 0 Å². The van der Waals surface area contributed by atoms with Crippen LogP contribution >= 0.6 is 0 Å². The van der Waals surface area contributed by atoms with Crippen molar-refractivity contribution < 1.29 is 25.8 Å². The number of benzene rings is 2. The monoisotopic (exact) mass is 529 g/mol. The summed E-state index contributed by atoms with van der Waals surface area (Å²) in [5, 5.41) is 5.45. The third-order valence-corrected chi connectivity index (χ3v) is 3.42. The van der Waals surface area contributed by atoms with Crippen molar-refractivity contribution in [3.05, 3.63) is 136 Å². The van der Waals surface area contributed by atoms with E-state index in [1.807, 2.05) is 30.3 Å². The van der Waals surface area contributed by atoms with Crippen molar-refractivity contribution in [3.8, 4) is 0 Å². The van der Waals surface area contributed by atoms with Crippen LogP contribution in [0.4, 0.5) is 0 Å². The van der Waals surface area contributed by atoms with Crippen LogP contribution in [0.5, 0.6) is 0 Å². The minimum Gasteiger partial charge on any atom is -0.358 e. The van der Waals surface area contributed by atoms with Crippen LogP contribution in [0.15, 0.2) is 78.9 Å². The second-order valence-electron chi connectivity index (χ2n) is 4.73. The molecule has 27 heavy (non-hydrogen) atoms. The summed E-state index contributed by atoms with van der Waals surface area (Å²) in [6.07, 6.45) is 0. The van der Waals surface area contributed by atoms with Crippen molar-refractivity contribution in [1.82, 2.24) is 0 Å². The Balaban J connectivity index is -0.0000000765. The molecule has 0 fully saturated rings. The molecule has 0 aliphatic carbocycles. The van der Waals surface area contributed by atoms with Gasteiger partial charge in [-0.15, -0.1) is 22.4 Å². The molecular formula is C26H37Hf-9. The molecule has 0 spiro atoms. The fraction of sp³-hybridized carbons (Fsp3) is 0.0385. The Hall–Kier alpha value is -1.47. The molecule has 0 bridgehead atoms. The van der Waals surface area contributed by atoms with Crippen LogP contribution in [0, 0.1) is 58.9 Å². The quantitative estimate of drug-likeness (QED) is 0.159. The molecule has 0 radical (unpaired) electrons. The van der Waals surface area contributed by atoms with E-state index in [4.69, 9.17) is 0 Å². The fourth-order valence-corrected chi connectivity index (χ4v) is 2.49. The smallest absolute Gasteiger partial charge is 0 e. The Bertz CT molecular complexity index is 759. The summed E-state index contributed by atoms with van der Waals surface area (Å²) >= 11 is 0. The molecule has 0 atom stereocenters. The van der Waals surface area contributed by atoms with E-state index >= 15 is 0 Å². The van der Waals surface area contributed by atoms with Crippen molar-refractivity contribution in [2.45, 2.75) is 6.92 Å². The van der Waals surface area contributed by atoms with Crippen LogP contribution in [0.25, 0.3) is 21.5 Å². The molecule has 0 heterocycles. The largest absolute Gasteiger partial charge is 0.358 e. The SMILES string of the molecule is C[c-]1ccc2ccc3ccccc3c21.[CH3-].[CH3-].[CH3-].[CH3-].[CH3-].[CH3-].[CH3-].[Hf].c1cc[cH-]c1. The first kappa shape index (κ1) is 40.3. The second kappa shape index (κ2) is 19.3. The molecule has 0 unspecified atom stereocenters. The minimum absolute atomic E-state index is 0. The maximum atomic E-state index is 2.20. The normalized spacial score (nSPS) is 7.30. The zero-order valence-electron chi connectivity index (χ0n) is 18.5. The molecule has 0 saturated heterocycles. The van der Waals surface area contributed by atoms with Crippen LogP contribution in [0.1, 0.15) is 5.56 Å². The van der Waals surface area contributed by atoms with Crippen LogP contribution in [-0.2, 0) is 25.8 Å². The second-order valence-corrected chi connectivity index (χ2v) is 4.73. The van der Waals surface area contributed by atoms with Gasteiger partial charge in [0, 0.05) is 25.8 Å². The molecular weight excluding hydrogens is 491 g/mol. The van der Waals surface area contributed by atoms with Crippen molar-refractivity contribution >= 4 is 21.5 Å². The average Bonchev–Trinajstić information content (AvgIpc) is 3.12. The van der Waals surface area contributed by atoms with Gasteiger partial charge in [-0.2, -0.15) is 30.3 Å². The minimum atomic E-state index is 0. The maximum absolute atomic E-state index is 2.20.